The molecule has 2 rings (SSSR count). The van der Waals surface area contributed by atoms with E-state index < -0.39 is 12.1 Å². The van der Waals surface area contributed by atoms with Gasteiger partial charge in [-0.2, -0.15) is 0 Å². The minimum Gasteiger partial charge on any atom is -0.326 e. The number of amides is 3. The van der Waals surface area contributed by atoms with E-state index in [9.17, 15) is 9.59 Å². The Labute approximate surface area is 87.4 Å². The molecular formula is C9H13ClN2O2. The number of alkyl halides is 1. The normalized spacial score (nSPS) is 37.9. The van der Waals surface area contributed by atoms with E-state index in [1.165, 1.54) is 0 Å². The molecule has 0 unspecified atom stereocenters. The molecule has 3 atom stereocenters. The summed E-state index contributed by atoms with van der Waals surface area (Å²) in [5, 5.41) is 4.87. The van der Waals surface area contributed by atoms with E-state index in [0.29, 0.717) is 0 Å². The zero-order valence-corrected chi connectivity index (χ0v) is 8.51. The fourth-order valence-corrected chi connectivity index (χ4v) is 2.65. The Morgan fingerprint density at radius 1 is 1.21 bits per heavy atom. The number of urea groups is 1. The molecular weight excluding hydrogens is 204 g/mol. The summed E-state index contributed by atoms with van der Waals surface area (Å²) in [5.74, 6) is -0.135. The van der Waals surface area contributed by atoms with Crippen LogP contribution in [0.4, 0.5) is 4.79 Å². The third kappa shape index (κ3) is 1.71. The van der Waals surface area contributed by atoms with Crippen LogP contribution in [0.5, 0.6) is 0 Å². The molecule has 5 heteroatoms. The first kappa shape index (κ1) is 9.77. The van der Waals surface area contributed by atoms with E-state index in [0.717, 1.165) is 25.7 Å². The summed E-state index contributed by atoms with van der Waals surface area (Å²) >= 11 is 6.14. The number of carbonyl (C=O) groups is 2. The third-order valence-corrected chi connectivity index (χ3v) is 3.51. The van der Waals surface area contributed by atoms with Gasteiger partial charge in [-0.05, 0) is 12.8 Å². The van der Waals surface area contributed by atoms with Crippen LogP contribution in [-0.4, -0.2) is 23.4 Å². The number of hydrogen-bond acceptors (Lipinski definition) is 2. The molecule has 2 N–H and O–H groups in total. The molecule has 0 radical (unpaired) electrons. The summed E-state index contributed by atoms with van der Waals surface area (Å²) in [4.78, 5) is 22.3. The van der Waals surface area contributed by atoms with Gasteiger partial charge in [-0.3, -0.25) is 10.1 Å². The zero-order chi connectivity index (χ0) is 10.1. The van der Waals surface area contributed by atoms with Gasteiger partial charge in [0.25, 0.3) is 5.91 Å². The largest absolute Gasteiger partial charge is 0.326 e. The Kier molecular flexibility index (Phi) is 2.63. The Morgan fingerprint density at radius 2 is 1.93 bits per heavy atom. The van der Waals surface area contributed by atoms with Gasteiger partial charge >= 0.3 is 6.03 Å². The lowest BCUT2D eigenvalue weighted by atomic mass is 9.83. The van der Waals surface area contributed by atoms with Crippen LogP contribution < -0.4 is 10.6 Å². The topological polar surface area (TPSA) is 58.2 Å². The summed E-state index contributed by atoms with van der Waals surface area (Å²) in [7, 11) is 0. The van der Waals surface area contributed by atoms with Crippen LogP contribution in [0.25, 0.3) is 0 Å². The minimum atomic E-state index is -0.412. The molecule has 4 nitrogen and oxygen atoms in total. The molecule has 2 fully saturated rings. The molecule has 14 heavy (non-hydrogen) atoms. The van der Waals surface area contributed by atoms with Crippen molar-refractivity contribution in [1.82, 2.24) is 10.6 Å². The van der Waals surface area contributed by atoms with E-state index in [1.807, 2.05) is 0 Å². The maximum absolute atomic E-state index is 11.4. The SMILES string of the molecule is O=C1NC(=O)[C@@H]([C@H]2CCCC[C@H]2Cl)N1. The maximum atomic E-state index is 11.4. The Morgan fingerprint density at radius 3 is 2.50 bits per heavy atom. The molecule has 78 valence electrons. The van der Waals surface area contributed by atoms with Gasteiger partial charge in [-0.15, -0.1) is 11.6 Å². The highest BCUT2D eigenvalue weighted by Crippen LogP contribution is 2.31. The molecule has 1 aliphatic heterocycles. The zero-order valence-electron chi connectivity index (χ0n) is 7.75. The second-order valence-electron chi connectivity index (χ2n) is 3.90. The Balaban J connectivity index is 2.06. The molecule has 1 saturated heterocycles. The molecule has 1 heterocycles. The number of rotatable bonds is 1. The predicted octanol–water partition coefficient (Wildman–Crippen LogP) is 0.992. The van der Waals surface area contributed by atoms with E-state index >= 15 is 0 Å². The van der Waals surface area contributed by atoms with Gasteiger partial charge in [0.1, 0.15) is 6.04 Å². The number of hydrogen-bond donors (Lipinski definition) is 2. The van der Waals surface area contributed by atoms with Crippen molar-refractivity contribution in [1.29, 1.82) is 0 Å². The standard InChI is InChI=1S/C9H13ClN2O2/c10-6-4-2-1-3-5(6)7-8(13)12-9(14)11-7/h5-7H,1-4H2,(H2,11,12,13,14)/t5-,6+,7+/m0/s1. The number of nitrogens with one attached hydrogen (secondary N) is 2. The lowest BCUT2D eigenvalue weighted by Crippen LogP contribution is -2.42. The van der Waals surface area contributed by atoms with Gasteiger partial charge in [-0.1, -0.05) is 12.8 Å². The van der Waals surface area contributed by atoms with Gasteiger partial charge in [0.15, 0.2) is 0 Å². The maximum Gasteiger partial charge on any atom is 0.322 e. The molecule has 2 aliphatic rings. The number of halogens is 1. The van der Waals surface area contributed by atoms with Crippen LogP contribution in [0.3, 0.4) is 0 Å². The first-order valence-corrected chi connectivity index (χ1v) is 5.37. The van der Waals surface area contributed by atoms with Gasteiger partial charge in [0, 0.05) is 11.3 Å². The predicted molar refractivity (Wildman–Crippen MR) is 52.1 cm³/mol. The molecule has 1 saturated carbocycles. The van der Waals surface area contributed by atoms with Gasteiger partial charge in [-0.25, -0.2) is 4.79 Å². The lowest BCUT2D eigenvalue weighted by Gasteiger charge is -2.29. The van der Waals surface area contributed by atoms with Crippen molar-refractivity contribution >= 4 is 23.5 Å². The molecule has 0 bridgehead atoms. The second kappa shape index (κ2) is 3.77. The van der Waals surface area contributed by atoms with Crippen LogP contribution in [0.1, 0.15) is 25.7 Å². The van der Waals surface area contributed by atoms with Gasteiger partial charge in [0.05, 0.1) is 0 Å². The average molecular weight is 217 g/mol. The minimum absolute atomic E-state index is 0.0119. The van der Waals surface area contributed by atoms with Crippen molar-refractivity contribution < 1.29 is 9.59 Å². The van der Waals surface area contributed by atoms with E-state index in [2.05, 4.69) is 10.6 Å². The fraction of sp³-hybridized carbons (Fsp3) is 0.778. The molecule has 0 spiro atoms. The Bertz CT molecular complexity index is 270. The van der Waals surface area contributed by atoms with Crippen molar-refractivity contribution in [2.45, 2.75) is 37.1 Å². The van der Waals surface area contributed by atoms with Crippen molar-refractivity contribution in [3.63, 3.8) is 0 Å². The summed E-state index contributed by atoms with van der Waals surface area (Å²) in [6, 6.07) is -0.806. The first-order valence-electron chi connectivity index (χ1n) is 4.94. The monoisotopic (exact) mass is 216 g/mol. The smallest absolute Gasteiger partial charge is 0.322 e. The van der Waals surface area contributed by atoms with Crippen LogP contribution in [0.15, 0.2) is 0 Å². The Hall–Kier alpha value is -0.770. The van der Waals surface area contributed by atoms with E-state index in [4.69, 9.17) is 11.6 Å². The fourth-order valence-electron chi connectivity index (χ4n) is 2.22. The molecule has 0 aromatic rings. The van der Waals surface area contributed by atoms with Crippen LogP contribution >= 0.6 is 11.6 Å². The number of imide groups is 1. The lowest BCUT2D eigenvalue weighted by molar-refractivity contribution is -0.121. The number of carbonyl (C=O) groups excluding carboxylic acids is 2. The van der Waals surface area contributed by atoms with Crippen LogP contribution in [-0.2, 0) is 4.79 Å². The summed E-state index contributed by atoms with van der Waals surface area (Å²) in [5.41, 5.74) is 0. The van der Waals surface area contributed by atoms with Crippen LogP contribution in [0.2, 0.25) is 0 Å². The average Bonchev–Trinajstić information content (AvgIpc) is 2.46. The van der Waals surface area contributed by atoms with Crippen molar-refractivity contribution in [2.75, 3.05) is 0 Å². The highest BCUT2D eigenvalue weighted by atomic mass is 35.5. The highest BCUT2D eigenvalue weighted by molar-refractivity contribution is 6.21. The first-order chi connectivity index (χ1) is 6.68. The summed E-state index contributed by atoms with van der Waals surface area (Å²) in [6.45, 7) is 0. The second-order valence-corrected chi connectivity index (χ2v) is 4.47. The van der Waals surface area contributed by atoms with E-state index in [-0.39, 0.29) is 17.2 Å². The molecule has 3 amide bonds. The van der Waals surface area contributed by atoms with Crippen LogP contribution in [0, 0.1) is 5.92 Å². The quantitative estimate of drug-likeness (QED) is 0.507. The highest BCUT2D eigenvalue weighted by Gasteiger charge is 2.40. The summed E-state index contributed by atoms with van der Waals surface area (Å²) in [6.07, 6.45) is 4.07. The van der Waals surface area contributed by atoms with Crippen molar-refractivity contribution in [3.05, 3.63) is 0 Å². The van der Waals surface area contributed by atoms with Crippen molar-refractivity contribution in [3.8, 4) is 0 Å². The molecule has 0 aromatic heterocycles. The van der Waals surface area contributed by atoms with Crippen molar-refractivity contribution in [2.24, 2.45) is 5.92 Å². The molecule has 0 aromatic carbocycles. The molecule has 1 aliphatic carbocycles. The van der Waals surface area contributed by atoms with Gasteiger partial charge in [0.2, 0.25) is 0 Å². The summed E-state index contributed by atoms with van der Waals surface area (Å²) < 4.78 is 0. The van der Waals surface area contributed by atoms with E-state index in [1.54, 1.807) is 0 Å². The van der Waals surface area contributed by atoms with Gasteiger partial charge < -0.3 is 5.32 Å². The third-order valence-electron chi connectivity index (χ3n) is 2.97.